The highest BCUT2D eigenvalue weighted by Gasteiger charge is 2.17. The Bertz CT molecular complexity index is 1510. The fraction of sp³-hybridized carbons (Fsp3) is 0.276. The Morgan fingerprint density at radius 3 is 2.54 bits per heavy atom. The van der Waals surface area contributed by atoms with E-state index in [2.05, 4.69) is 45.1 Å². The molecule has 0 bridgehead atoms. The van der Waals surface area contributed by atoms with Crippen molar-refractivity contribution in [3.63, 3.8) is 0 Å². The molecule has 37 heavy (non-hydrogen) atoms. The van der Waals surface area contributed by atoms with Gasteiger partial charge in [0.2, 0.25) is 5.95 Å². The number of nitrogens with zero attached hydrogens (tertiary/aromatic N) is 5. The standard InChI is InChI=1S/C29H32N6O2/c1-7-22-23(17-20-11-9-8-10-12-20)28(36)35(5)27-24(22)19-30-29(32-27)31-25-14-13-21(18-26(25)37-6)34(4)16-15-33(2)3/h1,8-14,18-19H,15-17H2,2-6H3,(H,30,31,32). The normalized spacial score (nSPS) is 10.9. The number of anilines is 3. The molecular weight excluding hydrogens is 464 g/mol. The van der Waals surface area contributed by atoms with Crippen molar-refractivity contribution in [2.24, 2.45) is 7.05 Å². The molecule has 2 aromatic heterocycles. The van der Waals surface area contributed by atoms with E-state index in [1.165, 1.54) is 4.57 Å². The molecule has 8 heteroatoms. The van der Waals surface area contributed by atoms with E-state index < -0.39 is 0 Å². The first-order valence-electron chi connectivity index (χ1n) is 12.0. The summed E-state index contributed by atoms with van der Waals surface area (Å²) in [5, 5.41) is 3.89. The summed E-state index contributed by atoms with van der Waals surface area (Å²) in [6.45, 7) is 1.82. The smallest absolute Gasteiger partial charge is 0.256 e. The molecule has 0 radical (unpaired) electrons. The molecule has 0 unspecified atom stereocenters. The zero-order valence-corrected chi connectivity index (χ0v) is 21.9. The topological polar surface area (TPSA) is 75.5 Å². The van der Waals surface area contributed by atoms with Gasteiger partial charge in [0.05, 0.1) is 18.2 Å². The zero-order chi connectivity index (χ0) is 26.5. The first-order chi connectivity index (χ1) is 17.8. The van der Waals surface area contributed by atoms with Crippen LogP contribution in [-0.2, 0) is 13.5 Å². The lowest BCUT2D eigenvalue weighted by atomic mass is 9.99. The van der Waals surface area contributed by atoms with Crippen LogP contribution in [-0.4, -0.2) is 60.8 Å². The lowest BCUT2D eigenvalue weighted by Crippen LogP contribution is -2.28. The number of terminal acetylenes is 1. The molecule has 0 saturated carbocycles. The van der Waals surface area contributed by atoms with Crippen LogP contribution in [0.1, 0.15) is 16.7 Å². The number of methoxy groups -OCH3 is 1. The van der Waals surface area contributed by atoms with E-state index >= 15 is 0 Å². The van der Waals surface area contributed by atoms with Crippen molar-refractivity contribution in [3.8, 4) is 18.1 Å². The number of fused-ring (bicyclic) bond motifs is 1. The number of hydrogen-bond acceptors (Lipinski definition) is 7. The van der Waals surface area contributed by atoms with Crippen LogP contribution in [0.4, 0.5) is 17.3 Å². The lowest BCUT2D eigenvalue weighted by molar-refractivity contribution is 0.413. The molecule has 2 heterocycles. The SMILES string of the molecule is C#Cc1c(Cc2ccccc2)c(=O)n(C)c2nc(Nc3ccc(N(C)CCN(C)C)cc3OC)ncc12. The van der Waals surface area contributed by atoms with Gasteiger partial charge in [-0.05, 0) is 31.8 Å². The fourth-order valence-electron chi connectivity index (χ4n) is 4.18. The van der Waals surface area contributed by atoms with Gasteiger partial charge >= 0.3 is 0 Å². The minimum absolute atomic E-state index is 0.170. The van der Waals surface area contributed by atoms with Gasteiger partial charge in [0, 0.05) is 62.7 Å². The maximum Gasteiger partial charge on any atom is 0.256 e. The second kappa shape index (κ2) is 11.1. The van der Waals surface area contributed by atoms with Crippen LogP contribution < -0.4 is 20.5 Å². The minimum atomic E-state index is -0.170. The predicted molar refractivity (Wildman–Crippen MR) is 150 cm³/mol. The summed E-state index contributed by atoms with van der Waals surface area (Å²) < 4.78 is 7.17. The summed E-state index contributed by atoms with van der Waals surface area (Å²) in [5.41, 5.74) is 4.14. The van der Waals surface area contributed by atoms with Crippen molar-refractivity contribution in [2.75, 3.05) is 51.6 Å². The van der Waals surface area contributed by atoms with Crippen LogP contribution in [0.25, 0.3) is 11.0 Å². The number of rotatable bonds is 9. The van der Waals surface area contributed by atoms with Gasteiger partial charge in [-0.3, -0.25) is 9.36 Å². The first kappa shape index (κ1) is 25.7. The molecule has 0 amide bonds. The first-order valence-corrected chi connectivity index (χ1v) is 12.0. The molecule has 0 spiro atoms. The van der Waals surface area contributed by atoms with E-state index in [4.69, 9.17) is 11.2 Å². The fourth-order valence-corrected chi connectivity index (χ4v) is 4.18. The largest absolute Gasteiger partial charge is 0.494 e. The van der Waals surface area contributed by atoms with Crippen LogP contribution in [0.15, 0.2) is 59.5 Å². The average molecular weight is 497 g/mol. The van der Waals surface area contributed by atoms with E-state index in [1.807, 2.05) is 55.6 Å². The van der Waals surface area contributed by atoms with Crippen molar-refractivity contribution >= 4 is 28.4 Å². The lowest BCUT2D eigenvalue weighted by Gasteiger charge is -2.23. The Hall–Kier alpha value is -4.35. The quantitative estimate of drug-likeness (QED) is 0.355. The van der Waals surface area contributed by atoms with Crippen molar-refractivity contribution < 1.29 is 4.74 Å². The van der Waals surface area contributed by atoms with Gasteiger partial charge in [0.25, 0.3) is 5.56 Å². The third-order valence-electron chi connectivity index (χ3n) is 6.34. The van der Waals surface area contributed by atoms with Gasteiger partial charge < -0.3 is 19.9 Å². The number of nitrogens with one attached hydrogen (secondary N) is 1. The molecule has 0 aliphatic heterocycles. The van der Waals surface area contributed by atoms with Gasteiger partial charge in [0.15, 0.2) is 0 Å². The summed E-state index contributed by atoms with van der Waals surface area (Å²) in [6, 6.07) is 15.7. The second-order valence-electron chi connectivity index (χ2n) is 9.19. The number of hydrogen-bond donors (Lipinski definition) is 1. The summed E-state index contributed by atoms with van der Waals surface area (Å²) in [6.07, 6.45) is 7.98. The number of ether oxygens (including phenoxy) is 1. The number of benzene rings is 2. The molecule has 0 atom stereocenters. The molecule has 0 aliphatic rings. The maximum atomic E-state index is 13.3. The van der Waals surface area contributed by atoms with Crippen molar-refractivity contribution in [3.05, 3.63) is 81.8 Å². The number of aromatic nitrogens is 3. The number of aryl methyl sites for hydroxylation is 1. The summed E-state index contributed by atoms with van der Waals surface area (Å²) in [4.78, 5) is 26.8. The molecule has 0 fully saturated rings. The van der Waals surface area contributed by atoms with Crippen LogP contribution in [0, 0.1) is 12.3 Å². The van der Waals surface area contributed by atoms with Crippen molar-refractivity contribution in [1.29, 1.82) is 0 Å². The van der Waals surface area contributed by atoms with E-state index in [9.17, 15) is 4.79 Å². The minimum Gasteiger partial charge on any atom is -0.494 e. The molecular formula is C29H32N6O2. The molecule has 1 N–H and O–H groups in total. The summed E-state index contributed by atoms with van der Waals surface area (Å²) in [7, 11) is 9.49. The van der Waals surface area contributed by atoms with Crippen molar-refractivity contribution in [1.82, 2.24) is 19.4 Å². The Kier molecular flexibility index (Phi) is 7.75. The summed E-state index contributed by atoms with van der Waals surface area (Å²) in [5.74, 6) is 3.71. The maximum absolute atomic E-state index is 13.3. The number of pyridine rings is 1. The Morgan fingerprint density at radius 1 is 1.11 bits per heavy atom. The Balaban J connectivity index is 1.67. The molecule has 0 aliphatic carbocycles. The number of likely N-dealkylation sites (N-methyl/N-ethyl adjacent to an activating group) is 2. The highest BCUT2D eigenvalue weighted by Crippen LogP contribution is 2.31. The van der Waals surface area contributed by atoms with Crippen LogP contribution in [0.2, 0.25) is 0 Å². The van der Waals surface area contributed by atoms with Crippen LogP contribution in [0.5, 0.6) is 5.75 Å². The van der Waals surface area contributed by atoms with Gasteiger partial charge in [-0.15, -0.1) is 6.42 Å². The van der Waals surface area contributed by atoms with Gasteiger partial charge in [0.1, 0.15) is 11.4 Å². The molecule has 4 rings (SSSR count). The molecule has 0 saturated heterocycles. The van der Waals surface area contributed by atoms with E-state index in [-0.39, 0.29) is 5.56 Å². The van der Waals surface area contributed by atoms with Crippen molar-refractivity contribution in [2.45, 2.75) is 6.42 Å². The van der Waals surface area contributed by atoms with E-state index in [0.29, 0.717) is 40.3 Å². The van der Waals surface area contributed by atoms with E-state index in [0.717, 1.165) is 30.0 Å². The second-order valence-corrected chi connectivity index (χ2v) is 9.19. The van der Waals surface area contributed by atoms with Gasteiger partial charge in [-0.25, -0.2) is 4.98 Å². The highest BCUT2D eigenvalue weighted by atomic mass is 16.5. The molecule has 8 nitrogen and oxygen atoms in total. The average Bonchev–Trinajstić information content (AvgIpc) is 2.91. The molecule has 2 aromatic carbocycles. The Labute approximate surface area is 217 Å². The molecule has 190 valence electrons. The predicted octanol–water partition coefficient (Wildman–Crippen LogP) is 3.65. The zero-order valence-electron chi connectivity index (χ0n) is 21.9. The van der Waals surface area contributed by atoms with Gasteiger partial charge in [-0.2, -0.15) is 4.98 Å². The Morgan fingerprint density at radius 2 is 1.86 bits per heavy atom. The highest BCUT2D eigenvalue weighted by molar-refractivity contribution is 5.84. The monoisotopic (exact) mass is 496 g/mol. The van der Waals surface area contributed by atoms with Crippen LogP contribution >= 0.6 is 0 Å². The third kappa shape index (κ3) is 5.57. The van der Waals surface area contributed by atoms with E-state index in [1.54, 1.807) is 20.4 Å². The van der Waals surface area contributed by atoms with Crippen LogP contribution in [0.3, 0.4) is 0 Å². The summed E-state index contributed by atoms with van der Waals surface area (Å²) >= 11 is 0. The van der Waals surface area contributed by atoms with Gasteiger partial charge in [-0.1, -0.05) is 36.3 Å². The molecule has 4 aromatic rings. The third-order valence-corrected chi connectivity index (χ3v) is 6.34.